The van der Waals surface area contributed by atoms with Gasteiger partial charge in [-0.3, -0.25) is 4.79 Å². The number of halogens is 1. The third-order valence-corrected chi connectivity index (χ3v) is 2.41. The summed E-state index contributed by atoms with van der Waals surface area (Å²) in [5.74, 6) is -1.28. The fourth-order valence-corrected chi connectivity index (χ4v) is 1.29. The van der Waals surface area contributed by atoms with Crippen LogP contribution in [0.2, 0.25) is 0 Å². The van der Waals surface area contributed by atoms with Gasteiger partial charge in [0.05, 0.1) is 12.8 Å². The fraction of sp³-hybridized carbons (Fsp3) is 0.333. The van der Waals surface area contributed by atoms with Gasteiger partial charge in [0, 0.05) is 5.56 Å². The number of benzene rings is 1. The number of nitrogens with one attached hydrogen (secondary N) is 1. The van der Waals surface area contributed by atoms with Gasteiger partial charge in [-0.15, -0.1) is 0 Å². The topological polar surface area (TPSA) is 122 Å². The molecule has 0 fully saturated rings. The minimum absolute atomic E-state index is 0.0348. The predicted octanol–water partition coefficient (Wildman–Crippen LogP) is -1.38. The summed E-state index contributed by atoms with van der Waals surface area (Å²) in [7, 11) is 0. The van der Waals surface area contributed by atoms with E-state index in [1.807, 2.05) is 5.43 Å². The van der Waals surface area contributed by atoms with Crippen LogP contribution in [0.15, 0.2) is 29.4 Å². The quantitative estimate of drug-likeness (QED) is 0.326. The average molecular weight is 286 g/mol. The van der Waals surface area contributed by atoms with E-state index in [0.29, 0.717) is 0 Å². The highest BCUT2D eigenvalue weighted by Crippen LogP contribution is 2.03. The van der Waals surface area contributed by atoms with Crippen LogP contribution in [0.5, 0.6) is 0 Å². The van der Waals surface area contributed by atoms with Crippen molar-refractivity contribution in [2.75, 3.05) is 6.61 Å². The summed E-state index contributed by atoms with van der Waals surface area (Å²) in [6.45, 7) is -0.734. The maximum absolute atomic E-state index is 12.9. The number of hydrogen-bond acceptors (Lipinski definition) is 6. The molecule has 110 valence electrons. The number of hydrazone groups is 1. The van der Waals surface area contributed by atoms with E-state index in [4.69, 9.17) is 10.2 Å². The highest BCUT2D eigenvalue weighted by Gasteiger charge is 2.22. The molecule has 0 aliphatic rings. The number of amides is 1. The van der Waals surface area contributed by atoms with Crippen molar-refractivity contribution in [3.8, 4) is 0 Å². The number of hydrogen-bond donors (Lipinski definition) is 5. The monoisotopic (exact) mass is 286 g/mol. The highest BCUT2D eigenvalue weighted by molar-refractivity contribution is 5.94. The molecular weight excluding hydrogens is 271 g/mol. The summed E-state index contributed by atoms with van der Waals surface area (Å²) in [4.78, 5) is 11.5. The number of aliphatic hydroxyl groups is 4. The lowest BCUT2D eigenvalue weighted by atomic mass is 10.1. The van der Waals surface area contributed by atoms with Crippen LogP contribution in [0.25, 0.3) is 0 Å². The smallest absolute Gasteiger partial charge is 0.271 e. The largest absolute Gasteiger partial charge is 0.394 e. The SMILES string of the molecule is O=C(N/N=C/[C@H](O)[C@@H](O)[C@H](O)CO)c1cccc(F)c1. The first-order valence-electron chi connectivity index (χ1n) is 5.70. The van der Waals surface area contributed by atoms with Crippen LogP contribution in [-0.4, -0.2) is 57.5 Å². The van der Waals surface area contributed by atoms with Crippen molar-refractivity contribution in [2.45, 2.75) is 18.3 Å². The molecule has 1 rings (SSSR count). The summed E-state index contributed by atoms with van der Waals surface area (Å²) in [5, 5.41) is 39.7. The number of aliphatic hydroxyl groups excluding tert-OH is 4. The molecule has 0 unspecified atom stereocenters. The maximum Gasteiger partial charge on any atom is 0.271 e. The first-order chi connectivity index (χ1) is 9.45. The van der Waals surface area contributed by atoms with E-state index in [-0.39, 0.29) is 5.56 Å². The predicted molar refractivity (Wildman–Crippen MR) is 67.5 cm³/mol. The second-order valence-corrected chi connectivity index (χ2v) is 3.96. The zero-order valence-electron chi connectivity index (χ0n) is 10.3. The Morgan fingerprint density at radius 1 is 1.40 bits per heavy atom. The van der Waals surface area contributed by atoms with Crippen molar-refractivity contribution in [1.29, 1.82) is 0 Å². The first-order valence-corrected chi connectivity index (χ1v) is 5.70. The van der Waals surface area contributed by atoms with Crippen molar-refractivity contribution in [3.63, 3.8) is 0 Å². The van der Waals surface area contributed by atoms with Crippen molar-refractivity contribution in [1.82, 2.24) is 5.43 Å². The van der Waals surface area contributed by atoms with Gasteiger partial charge in [-0.1, -0.05) is 6.07 Å². The van der Waals surface area contributed by atoms with Gasteiger partial charge in [0.25, 0.3) is 5.91 Å². The van der Waals surface area contributed by atoms with Crippen LogP contribution in [0.3, 0.4) is 0 Å². The summed E-state index contributed by atoms with van der Waals surface area (Å²) < 4.78 is 12.9. The zero-order valence-corrected chi connectivity index (χ0v) is 10.3. The Bertz CT molecular complexity index is 483. The molecule has 1 aromatic rings. The van der Waals surface area contributed by atoms with Gasteiger partial charge >= 0.3 is 0 Å². The first kappa shape index (κ1) is 16.2. The standard InChI is InChI=1S/C12H15FN2O5/c13-8-3-1-2-7(4-8)12(20)15-14-5-9(17)11(19)10(18)6-16/h1-5,9-11,16-19H,6H2,(H,15,20)/b14-5+/t9-,10+,11+/m0/s1. The summed E-state index contributed by atoms with van der Waals surface area (Å²) in [6.07, 6.45) is -3.98. The molecular formula is C12H15FN2O5. The molecule has 0 saturated heterocycles. The van der Waals surface area contributed by atoms with Gasteiger partial charge in [0.15, 0.2) is 0 Å². The molecule has 7 nitrogen and oxygen atoms in total. The van der Waals surface area contributed by atoms with E-state index >= 15 is 0 Å². The van der Waals surface area contributed by atoms with E-state index in [1.165, 1.54) is 18.2 Å². The normalized spacial score (nSPS) is 15.8. The second kappa shape index (κ2) is 7.65. The van der Waals surface area contributed by atoms with Crippen LogP contribution >= 0.6 is 0 Å². The molecule has 0 aliphatic heterocycles. The van der Waals surface area contributed by atoms with Crippen molar-refractivity contribution in [2.24, 2.45) is 5.10 Å². The van der Waals surface area contributed by atoms with Crippen LogP contribution in [-0.2, 0) is 0 Å². The van der Waals surface area contributed by atoms with Crippen LogP contribution in [0.1, 0.15) is 10.4 Å². The molecule has 1 aromatic carbocycles. The summed E-state index contributed by atoms with van der Waals surface area (Å²) in [6, 6.07) is 4.90. The third-order valence-electron chi connectivity index (χ3n) is 2.41. The lowest BCUT2D eigenvalue weighted by molar-refractivity contribution is -0.0542. The van der Waals surface area contributed by atoms with Crippen LogP contribution in [0.4, 0.5) is 4.39 Å². The summed E-state index contributed by atoms with van der Waals surface area (Å²) >= 11 is 0. The fourth-order valence-electron chi connectivity index (χ4n) is 1.29. The minimum atomic E-state index is -1.64. The molecule has 0 heterocycles. The van der Waals surface area contributed by atoms with Gasteiger partial charge in [0.1, 0.15) is 24.1 Å². The van der Waals surface area contributed by atoms with Crippen molar-refractivity contribution in [3.05, 3.63) is 35.6 Å². The van der Waals surface area contributed by atoms with Gasteiger partial charge in [0.2, 0.25) is 0 Å². The van der Waals surface area contributed by atoms with Crippen LogP contribution < -0.4 is 5.43 Å². The molecule has 0 bridgehead atoms. The van der Waals surface area contributed by atoms with Crippen LogP contribution in [0, 0.1) is 5.82 Å². The van der Waals surface area contributed by atoms with Gasteiger partial charge in [-0.25, -0.2) is 9.82 Å². The Balaban J connectivity index is 2.54. The van der Waals surface area contributed by atoms with E-state index < -0.39 is 36.6 Å². The number of carbonyl (C=O) groups excluding carboxylic acids is 1. The van der Waals surface area contributed by atoms with E-state index in [0.717, 1.165) is 12.3 Å². The average Bonchev–Trinajstić information content (AvgIpc) is 2.45. The Morgan fingerprint density at radius 2 is 2.10 bits per heavy atom. The third kappa shape index (κ3) is 4.67. The van der Waals surface area contributed by atoms with E-state index in [1.54, 1.807) is 0 Å². The highest BCUT2D eigenvalue weighted by atomic mass is 19.1. The maximum atomic E-state index is 12.9. The number of rotatable bonds is 6. The molecule has 1 amide bonds. The molecule has 8 heteroatoms. The Morgan fingerprint density at radius 3 is 2.70 bits per heavy atom. The summed E-state index contributed by atoms with van der Waals surface area (Å²) in [5.41, 5.74) is 2.05. The van der Waals surface area contributed by atoms with Gasteiger partial charge in [-0.2, -0.15) is 5.10 Å². The Hall–Kier alpha value is -1.87. The molecule has 5 N–H and O–H groups in total. The van der Waals surface area contributed by atoms with Gasteiger partial charge in [-0.05, 0) is 18.2 Å². The zero-order chi connectivity index (χ0) is 15.1. The second-order valence-electron chi connectivity index (χ2n) is 3.96. The molecule has 0 spiro atoms. The molecule has 0 aromatic heterocycles. The minimum Gasteiger partial charge on any atom is -0.394 e. The van der Waals surface area contributed by atoms with Crippen molar-refractivity contribution < 1.29 is 29.6 Å². The molecule has 0 radical (unpaired) electrons. The van der Waals surface area contributed by atoms with Crippen molar-refractivity contribution >= 4 is 12.1 Å². The molecule has 20 heavy (non-hydrogen) atoms. The molecule has 0 aliphatic carbocycles. The number of carbonyl (C=O) groups is 1. The van der Waals surface area contributed by atoms with E-state index in [2.05, 4.69) is 5.10 Å². The molecule has 3 atom stereocenters. The molecule has 0 saturated carbocycles. The Labute approximate surface area is 114 Å². The lowest BCUT2D eigenvalue weighted by Gasteiger charge is -2.17. The Kier molecular flexibility index (Phi) is 6.19. The van der Waals surface area contributed by atoms with Gasteiger partial charge < -0.3 is 20.4 Å². The van der Waals surface area contributed by atoms with E-state index in [9.17, 15) is 19.4 Å². The lowest BCUT2D eigenvalue weighted by Crippen LogP contribution is -2.40. The number of nitrogens with zero attached hydrogens (tertiary/aromatic N) is 1.